The van der Waals surface area contributed by atoms with Crippen LogP contribution in [-0.4, -0.2) is 57.6 Å². The highest BCUT2D eigenvalue weighted by atomic mass is 32.2. The smallest absolute Gasteiger partial charge is 0.339 e. The van der Waals surface area contributed by atoms with E-state index in [0.717, 1.165) is 0 Å². The van der Waals surface area contributed by atoms with Gasteiger partial charge in [0.15, 0.2) is 0 Å². The van der Waals surface area contributed by atoms with Crippen LogP contribution in [0.25, 0.3) is 0 Å². The summed E-state index contributed by atoms with van der Waals surface area (Å²) in [6, 6.07) is 3.48. The average molecular weight is 428 g/mol. The lowest BCUT2D eigenvalue weighted by molar-refractivity contribution is -0.138. The fourth-order valence-corrected chi connectivity index (χ4v) is 3.29. The maximum atomic E-state index is 12.4. The number of thioether (sulfide) groups is 1. The first-order valence-electron chi connectivity index (χ1n) is 8.01. The van der Waals surface area contributed by atoms with Crippen molar-refractivity contribution in [2.75, 3.05) is 11.5 Å². The van der Waals surface area contributed by atoms with Crippen molar-refractivity contribution < 1.29 is 33.8 Å². The molecule has 0 spiro atoms. The van der Waals surface area contributed by atoms with Gasteiger partial charge in [0.05, 0.1) is 0 Å². The highest BCUT2D eigenvalue weighted by molar-refractivity contribution is 8.13. The molecule has 11 heteroatoms. The van der Waals surface area contributed by atoms with Gasteiger partial charge in [-0.2, -0.15) is 12.6 Å². The molecule has 1 aromatic carbocycles. The van der Waals surface area contributed by atoms with Gasteiger partial charge < -0.3 is 20.5 Å². The van der Waals surface area contributed by atoms with Crippen LogP contribution in [0.2, 0.25) is 0 Å². The van der Waals surface area contributed by atoms with E-state index in [1.165, 1.54) is 38.1 Å². The maximum Gasteiger partial charge on any atom is 0.339 e. The predicted octanol–water partition coefficient (Wildman–Crippen LogP) is 0.489. The molecule has 3 N–H and O–H groups in total. The lowest BCUT2D eigenvalue weighted by atomic mass is 10.2. The first kappa shape index (κ1) is 23.5. The van der Waals surface area contributed by atoms with E-state index in [0.29, 0.717) is 11.8 Å². The normalized spacial score (nSPS) is 12.4. The molecular formula is C17H20N2O7S2. The minimum absolute atomic E-state index is 0.0622. The number of carboxylic acid groups (broad SMARTS) is 1. The Morgan fingerprint density at radius 2 is 1.64 bits per heavy atom. The summed E-state index contributed by atoms with van der Waals surface area (Å²) in [5, 5.41) is 13.5. The average Bonchev–Trinajstić information content (AvgIpc) is 2.62. The second-order valence-electron chi connectivity index (χ2n) is 5.54. The number of aromatic carboxylic acids is 1. The number of ether oxygens (including phenoxy) is 1. The zero-order valence-electron chi connectivity index (χ0n) is 15.1. The van der Waals surface area contributed by atoms with Crippen molar-refractivity contribution in [3.63, 3.8) is 0 Å². The Balaban J connectivity index is 2.86. The molecule has 0 fully saturated rings. The SMILES string of the molecule is CC(=O)NC(CSC(=O)C(CS)NC(C)=O)C(=O)Oc1ccccc1C(=O)O. The van der Waals surface area contributed by atoms with E-state index in [1.807, 2.05) is 0 Å². The molecular weight excluding hydrogens is 408 g/mol. The van der Waals surface area contributed by atoms with Gasteiger partial charge in [0.2, 0.25) is 16.9 Å². The van der Waals surface area contributed by atoms with Crippen LogP contribution in [-0.2, 0) is 19.2 Å². The zero-order chi connectivity index (χ0) is 21.3. The summed E-state index contributed by atoms with van der Waals surface area (Å²) in [4.78, 5) is 58.3. The molecule has 0 saturated carbocycles. The summed E-state index contributed by atoms with van der Waals surface area (Å²) < 4.78 is 5.11. The van der Waals surface area contributed by atoms with Gasteiger partial charge in [-0.3, -0.25) is 14.4 Å². The van der Waals surface area contributed by atoms with Gasteiger partial charge in [0, 0.05) is 25.4 Å². The molecule has 2 amide bonds. The summed E-state index contributed by atoms with van der Waals surface area (Å²) >= 11 is 4.72. The van der Waals surface area contributed by atoms with Crippen LogP contribution in [0.15, 0.2) is 24.3 Å². The van der Waals surface area contributed by atoms with Crippen LogP contribution in [0, 0.1) is 0 Å². The van der Waals surface area contributed by atoms with E-state index in [-0.39, 0.29) is 22.8 Å². The Hall–Kier alpha value is -2.53. The molecule has 0 aliphatic rings. The van der Waals surface area contributed by atoms with Gasteiger partial charge in [-0.15, -0.1) is 0 Å². The van der Waals surface area contributed by atoms with Gasteiger partial charge in [0.25, 0.3) is 0 Å². The Kier molecular flexibility index (Phi) is 9.52. The summed E-state index contributed by atoms with van der Waals surface area (Å²) in [6.45, 7) is 2.44. The first-order valence-corrected chi connectivity index (χ1v) is 9.63. The minimum Gasteiger partial charge on any atom is -0.478 e. The molecule has 0 aliphatic heterocycles. The number of amides is 2. The Bertz CT molecular complexity index is 770. The van der Waals surface area contributed by atoms with Crippen molar-refractivity contribution in [3.8, 4) is 5.75 Å². The molecule has 2 unspecified atom stereocenters. The lowest BCUT2D eigenvalue weighted by Gasteiger charge is -2.18. The van der Waals surface area contributed by atoms with E-state index in [1.54, 1.807) is 0 Å². The number of carbonyl (C=O) groups is 5. The Morgan fingerprint density at radius 3 is 2.18 bits per heavy atom. The third kappa shape index (κ3) is 7.61. The van der Waals surface area contributed by atoms with E-state index in [9.17, 15) is 24.0 Å². The van der Waals surface area contributed by atoms with Gasteiger partial charge in [-0.1, -0.05) is 23.9 Å². The summed E-state index contributed by atoms with van der Waals surface area (Å²) in [6.07, 6.45) is 0. The second-order valence-corrected chi connectivity index (χ2v) is 6.93. The zero-order valence-corrected chi connectivity index (χ0v) is 16.8. The number of esters is 1. The van der Waals surface area contributed by atoms with Crippen LogP contribution in [0.4, 0.5) is 0 Å². The van der Waals surface area contributed by atoms with Gasteiger partial charge in [0.1, 0.15) is 23.4 Å². The number of benzene rings is 1. The van der Waals surface area contributed by atoms with Crippen molar-refractivity contribution in [1.29, 1.82) is 0 Å². The highest BCUT2D eigenvalue weighted by Gasteiger charge is 2.27. The van der Waals surface area contributed by atoms with Crippen molar-refractivity contribution in [1.82, 2.24) is 10.6 Å². The number of thiol groups is 1. The van der Waals surface area contributed by atoms with E-state index in [4.69, 9.17) is 9.84 Å². The molecule has 9 nitrogen and oxygen atoms in total. The van der Waals surface area contributed by atoms with Crippen LogP contribution in [0.3, 0.4) is 0 Å². The molecule has 152 valence electrons. The summed E-state index contributed by atoms with van der Waals surface area (Å²) in [7, 11) is 0. The van der Waals surface area contributed by atoms with E-state index in [2.05, 4.69) is 23.3 Å². The molecule has 2 atom stereocenters. The van der Waals surface area contributed by atoms with Crippen LogP contribution in [0.1, 0.15) is 24.2 Å². The van der Waals surface area contributed by atoms with Crippen molar-refractivity contribution in [2.24, 2.45) is 0 Å². The third-order valence-electron chi connectivity index (χ3n) is 3.23. The Labute approximate surface area is 171 Å². The number of para-hydroxylation sites is 1. The molecule has 1 aromatic rings. The highest BCUT2D eigenvalue weighted by Crippen LogP contribution is 2.19. The Morgan fingerprint density at radius 1 is 1.07 bits per heavy atom. The molecule has 0 aromatic heterocycles. The fraction of sp³-hybridized carbons (Fsp3) is 0.353. The first-order chi connectivity index (χ1) is 13.1. The number of carboxylic acids is 1. The maximum absolute atomic E-state index is 12.4. The topological polar surface area (TPSA) is 139 Å². The molecule has 0 heterocycles. The molecule has 0 saturated heterocycles. The standard InChI is InChI=1S/C17H20N2O7S2/c1-9(20)18-12(7-27)17(25)28-8-13(19-10(2)21)16(24)26-14-6-4-3-5-11(14)15(22)23/h3-6,12-13,27H,7-8H2,1-2H3,(H,18,20)(H,19,21)(H,22,23). The number of nitrogens with one attached hydrogen (secondary N) is 2. The van der Waals surface area contributed by atoms with E-state index >= 15 is 0 Å². The molecule has 28 heavy (non-hydrogen) atoms. The number of carbonyl (C=O) groups excluding carboxylic acids is 4. The third-order valence-corrected chi connectivity index (χ3v) is 4.66. The molecule has 0 radical (unpaired) electrons. The number of hydrogen-bond acceptors (Lipinski definition) is 8. The monoisotopic (exact) mass is 428 g/mol. The molecule has 1 rings (SSSR count). The number of hydrogen-bond donors (Lipinski definition) is 4. The minimum atomic E-state index is -1.28. The van der Waals surface area contributed by atoms with Crippen molar-refractivity contribution in [3.05, 3.63) is 29.8 Å². The molecule has 0 bridgehead atoms. The quantitative estimate of drug-likeness (QED) is 0.253. The number of rotatable bonds is 9. The largest absolute Gasteiger partial charge is 0.478 e. The van der Waals surface area contributed by atoms with Crippen LogP contribution < -0.4 is 15.4 Å². The van der Waals surface area contributed by atoms with Crippen LogP contribution in [0.5, 0.6) is 5.75 Å². The van der Waals surface area contributed by atoms with Crippen LogP contribution >= 0.6 is 24.4 Å². The fourth-order valence-electron chi connectivity index (χ4n) is 2.02. The van der Waals surface area contributed by atoms with Crippen molar-refractivity contribution in [2.45, 2.75) is 25.9 Å². The molecule has 0 aliphatic carbocycles. The van der Waals surface area contributed by atoms with Gasteiger partial charge >= 0.3 is 11.9 Å². The lowest BCUT2D eigenvalue weighted by Crippen LogP contribution is -2.45. The van der Waals surface area contributed by atoms with Gasteiger partial charge in [-0.25, -0.2) is 9.59 Å². The predicted molar refractivity (Wildman–Crippen MR) is 106 cm³/mol. The van der Waals surface area contributed by atoms with E-state index < -0.39 is 41.0 Å². The second kappa shape index (κ2) is 11.3. The van der Waals surface area contributed by atoms with Crippen molar-refractivity contribution >= 4 is 53.3 Å². The van der Waals surface area contributed by atoms with Gasteiger partial charge in [-0.05, 0) is 12.1 Å². The summed E-state index contributed by atoms with van der Waals surface area (Å²) in [5.41, 5.74) is -0.220. The summed E-state index contributed by atoms with van der Waals surface area (Å²) in [5.74, 6) is -3.44.